The molecule has 0 fully saturated rings. The molecule has 0 heterocycles. The number of unbranched alkanes of at least 4 members (excludes halogenated alkanes) is 8. The van der Waals surface area contributed by atoms with Crippen LogP contribution in [0.1, 0.15) is 89.5 Å². The minimum Gasteiger partial charge on any atom is -0.466 e. The van der Waals surface area contributed by atoms with Gasteiger partial charge >= 0.3 is 11.9 Å². The number of ether oxygens (including phenoxy) is 2. The van der Waals surface area contributed by atoms with Crippen LogP contribution in [0.15, 0.2) is 24.3 Å². The van der Waals surface area contributed by atoms with Gasteiger partial charge in [-0.3, -0.25) is 9.59 Å². The maximum Gasteiger partial charge on any atom is 0.306 e. The van der Waals surface area contributed by atoms with E-state index in [-0.39, 0.29) is 11.9 Å². The highest BCUT2D eigenvalue weighted by Crippen LogP contribution is 2.14. The monoisotopic (exact) mass is 502 g/mol. The molecule has 5 heteroatoms. The van der Waals surface area contributed by atoms with E-state index < -0.39 is 0 Å². The molecule has 0 bridgehead atoms. The number of halogens is 1. The first-order chi connectivity index (χ1) is 13.6. The summed E-state index contributed by atoms with van der Waals surface area (Å²) < 4.78 is 11.7. The van der Waals surface area contributed by atoms with E-state index in [2.05, 4.69) is 29.5 Å². The number of carbonyl (C=O) groups is 2. The first-order valence-corrected chi connectivity index (χ1v) is 11.8. The average molecular weight is 502 g/mol. The third-order valence-corrected chi connectivity index (χ3v) is 5.67. The van der Waals surface area contributed by atoms with E-state index in [1.807, 2.05) is 24.3 Å². The van der Waals surface area contributed by atoms with Gasteiger partial charge in [-0.15, -0.1) is 0 Å². The second kappa shape index (κ2) is 16.8. The third-order valence-electron chi connectivity index (χ3n) is 4.62. The van der Waals surface area contributed by atoms with Gasteiger partial charge in [0.15, 0.2) is 0 Å². The van der Waals surface area contributed by atoms with Gasteiger partial charge in [-0.05, 0) is 47.9 Å². The van der Waals surface area contributed by atoms with Crippen molar-refractivity contribution in [3.8, 4) is 0 Å². The minimum atomic E-state index is -0.124. The van der Waals surface area contributed by atoms with Gasteiger partial charge in [0.1, 0.15) is 6.61 Å². The first-order valence-electron chi connectivity index (χ1n) is 10.7. The van der Waals surface area contributed by atoms with Gasteiger partial charge < -0.3 is 9.47 Å². The smallest absolute Gasteiger partial charge is 0.306 e. The highest BCUT2D eigenvalue weighted by atomic mass is 127. The molecular formula is C23H35IO4. The van der Waals surface area contributed by atoms with Crippen molar-refractivity contribution >= 4 is 34.5 Å². The summed E-state index contributed by atoms with van der Waals surface area (Å²) in [5, 5.41) is 0. The fraction of sp³-hybridized carbons (Fsp3) is 0.652. The first kappa shape index (κ1) is 24.9. The fourth-order valence-electron chi connectivity index (χ4n) is 2.88. The molecule has 0 N–H and O–H groups in total. The number of benzene rings is 1. The molecule has 0 radical (unpaired) electrons. The molecule has 0 atom stereocenters. The van der Waals surface area contributed by atoms with Gasteiger partial charge in [0.2, 0.25) is 0 Å². The molecule has 0 unspecified atom stereocenters. The summed E-state index contributed by atoms with van der Waals surface area (Å²) in [4.78, 5) is 23.4. The molecule has 1 aromatic rings. The molecule has 1 aromatic carbocycles. The van der Waals surface area contributed by atoms with Crippen LogP contribution in [0.2, 0.25) is 0 Å². The van der Waals surface area contributed by atoms with Gasteiger partial charge in [-0.1, -0.05) is 70.1 Å². The molecule has 0 spiro atoms. The van der Waals surface area contributed by atoms with Crippen LogP contribution in [0.3, 0.4) is 0 Å². The van der Waals surface area contributed by atoms with E-state index in [1.54, 1.807) is 0 Å². The Balaban J connectivity index is 1.90. The summed E-state index contributed by atoms with van der Waals surface area (Å²) in [6.07, 6.45) is 11.6. The van der Waals surface area contributed by atoms with Crippen molar-refractivity contribution in [1.29, 1.82) is 0 Å². The lowest BCUT2D eigenvalue weighted by molar-refractivity contribution is -0.145. The van der Waals surface area contributed by atoms with Gasteiger partial charge in [0.25, 0.3) is 0 Å². The summed E-state index contributed by atoms with van der Waals surface area (Å²) in [5.41, 5.74) is 1.05. The molecule has 1 rings (SSSR count). The standard InChI is InChI=1S/C23H35IO4/c1-2-3-4-13-18-27-22(25)16-9-7-5-6-8-10-17-23(26)28-19-20-14-11-12-15-21(20)24/h11-12,14-15H,2-10,13,16-19H2,1H3. The van der Waals surface area contributed by atoms with Crippen molar-refractivity contribution in [2.24, 2.45) is 0 Å². The van der Waals surface area contributed by atoms with E-state index in [4.69, 9.17) is 9.47 Å². The zero-order chi connectivity index (χ0) is 20.5. The molecule has 0 aliphatic rings. The van der Waals surface area contributed by atoms with Gasteiger partial charge in [-0.2, -0.15) is 0 Å². The summed E-state index contributed by atoms with van der Waals surface area (Å²) in [7, 11) is 0. The zero-order valence-corrected chi connectivity index (χ0v) is 19.4. The topological polar surface area (TPSA) is 52.6 Å². The van der Waals surface area contributed by atoms with Crippen molar-refractivity contribution in [2.75, 3.05) is 6.61 Å². The van der Waals surface area contributed by atoms with E-state index >= 15 is 0 Å². The van der Waals surface area contributed by atoms with Crippen LogP contribution in [0.25, 0.3) is 0 Å². The Morgan fingerprint density at radius 1 is 0.786 bits per heavy atom. The second-order valence-corrected chi connectivity index (χ2v) is 8.32. The van der Waals surface area contributed by atoms with Gasteiger partial charge in [0, 0.05) is 22.0 Å². The number of rotatable bonds is 16. The minimum absolute atomic E-state index is 0.0627. The van der Waals surface area contributed by atoms with Crippen molar-refractivity contribution in [2.45, 2.75) is 90.6 Å². The largest absolute Gasteiger partial charge is 0.466 e. The Labute approximate surface area is 183 Å². The quantitative estimate of drug-likeness (QED) is 0.146. The van der Waals surface area contributed by atoms with Crippen LogP contribution in [0.4, 0.5) is 0 Å². The molecule has 0 aliphatic heterocycles. The lowest BCUT2D eigenvalue weighted by Gasteiger charge is -2.07. The van der Waals surface area contributed by atoms with Gasteiger partial charge in [0.05, 0.1) is 6.61 Å². The SMILES string of the molecule is CCCCCCOC(=O)CCCCCCCCC(=O)OCc1ccccc1I. The van der Waals surface area contributed by atoms with Crippen LogP contribution in [-0.2, 0) is 25.7 Å². The molecule has 0 amide bonds. The van der Waals surface area contributed by atoms with E-state index in [9.17, 15) is 9.59 Å². The van der Waals surface area contributed by atoms with Crippen LogP contribution in [-0.4, -0.2) is 18.5 Å². The molecular weight excluding hydrogens is 467 g/mol. The maximum absolute atomic E-state index is 11.8. The number of hydrogen-bond acceptors (Lipinski definition) is 4. The Kier molecular flexibility index (Phi) is 15.0. The van der Waals surface area contributed by atoms with Crippen LogP contribution >= 0.6 is 22.6 Å². The lowest BCUT2D eigenvalue weighted by atomic mass is 10.1. The van der Waals surface area contributed by atoms with Crippen LogP contribution < -0.4 is 0 Å². The van der Waals surface area contributed by atoms with E-state index in [0.29, 0.717) is 26.1 Å². The second-order valence-electron chi connectivity index (χ2n) is 7.15. The molecule has 4 nitrogen and oxygen atoms in total. The molecule has 28 heavy (non-hydrogen) atoms. The van der Waals surface area contributed by atoms with E-state index in [1.165, 1.54) is 12.8 Å². The highest BCUT2D eigenvalue weighted by Gasteiger charge is 2.06. The molecule has 0 saturated heterocycles. The summed E-state index contributed by atoms with van der Waals surface area (Å²) >= 11 is 2.25. The summed E-state index contributed by atoms with van der Waals surface area (Å²) in [6.45, 7) is 3.09. The molecule has 158 valence electrons. The summed E-state index contributed by atoms with van der Waals surface area (Å²) in [6, 6.07) is 7.93. The number of esters is 2. The Bertz CT molecular complexity index is 559. The zero-order valence-electron chi connectivity index (χ0n) is 17.2. The van der Waals surface area contributed by atoms with E-state index in [0.717, 1.165) is 60.5 Å². The predicted octanol–water partition coefficient (Wildman–Crippen LogP) is 6.58. The fourth-order valence-corrected chi connectivity index (χ4v) is 3.42. The average Bonchev–Trinajstić information content (AvgIpc) is 2.69. The van der Waals surface area contributed by atoms with Crippen LogP contribution in [0, 0.1) is 3.57 Å². The normalized spacial score (nSPS) is 10.6. The molecule has 0 aliphatic carbocycles. The number of hydrogen-bond donors (Lipinski definition) is 0. The van der Waals surface area contributed by atoms with Crippen molar-refractivity contribution in [3.63, 3.8) is 0 Å². The third kappa shape index (κ3) is 13.1. The van der Waals surface area contributed by atoms with Gasteiger partial charge in [-0.25, -0.2) is 0 Å². The van der Waals surface area contributed by atoms with Crippen molar-refractivity contribution in [3.05, 3.63) is 33.4 Å². The van der Waals surface area contributed by atoms with Crippen molar-refractivity contribution < 1.29 is 19.1 Å². The Morgan fingerprint density at radius 3 is 2.00 bits per heavy atom. The Morgan fingerprint density at radius 2 is 1.36 bits per heavy atom. The lowest BCUT2D eigenvalue weighted by Crippen LogP contribution is -2.05. The predicted molar refractivity (Wildman–Crippen MR) is 121 cm³/mol. The van der Waals surface area contributed by atoms with Crippen molar-refractivity contribution in [1.82, 2.24) is 0 Å². The Hall–Kier alpha value is -1.11. The van der Waals surface area contributed by atoms with Crippen LogP contribution in [0.5, 0.6) is 0 Å². The highest BCUT2D eigenvalue weighted by molar-refractivity contribution is 14.1. The molecule has 0 aromatic heterocycles. The number of carbonyl (C=O) groups excluding carboxylic acids is 2. The maximum atomic E-state index is 11.8. The summed E-state index contributed by atoms with van der Waals surface area (Å²) in [5.74, 6) is -0.186. The molecule has 0 saturated carbocycles.